The van der Waals surface area contributed by atoms with E-state index in [4.69, 9.17) is 9.47 Å². The number of amides is 1. The number of nitrogens with one attached hydrogen (secondary N) is 1. The van der Waals surface area contributed by atoms with Gasteiger partial charge >= 0.3 is 0 Å². The minimum atomic E-state index is -0.982. The predicted octanol–water partition coefficient (Wildman–Crippen LogP) is 1.81. The summed E-state index contributed by atoms with van der Waals surface area (Å²) in [5.74, 6) is -0.0694. The Morgan fingerprint density at radius 3 is 2.73 bits per heavy atom. The molecule has 6 heteroatoms. The molecular weight excluding hydrogens is 350 g/mol. The molecule has 0 bridgehead atoms. The monoisotopic (exact) mass is 369 g/mol. The highest BCUT2D eigenvalue weighted by molar-refractivity contribution is 9.10. The number of ether oxygens (including phenoxy) is 2. The molecule has 1 spiro atoms. The average molecular weight is 370 g/mol. The van der Waals surface area contributed by atoms with E-state index in [2.05, 4.69) is 21.2 Å². The second-order valence-electron chi connectivity index (χ2n) is 6.05. The highest BCUT2D eigenvalue weighted by Crippen LogP contribution is 2.46. The Morgan fingerprint density at radius 2 is 2.18 bits per heavy atom. The first-order valence-corrected chi connectivity index (χ1v) is 8.18. The molecule has 5 nitrogen and oxygen atoms in total. The van der Waals surface area contributed by atoms with Crippen molar-refractivity contribution in [2.45, 2.75) is 37.0 Å². The molecule has 1 fully saturated rings. The van der Waals surface area contributed by atoms with Gasteiger partial charge in [0.1, 0.15) is 5.54 Å². The lowest BCUT2D eigenvalue weighted by Crippen LogP contribution is -2.67. The van der Waals surface area contributed by atoms with Gasteiger partial charge in [-0.1, -0.05) is 28.9 Å². The Balaban J connectivity index is 2.16. The molecule has 2 atom stereocenters. The van der Waals surface area contributed by atoms with E-state index in [-0.39, 0.29) is 12.3 Å². The van der Waals surface area contributed by atoms with Gasteiger partial charge in [-0.15, -0.1) is 0 Å². The standard InChI is InChI=1S/C16H20BrNO4/c1-3-15(7-13(19)21-2)12-6-10(17)4-5-11(12)16(8-22-9-16)18-14(15)20/h4-6,13,19H,3,7-9H2,1-2H3,(H,18,20). The van der Waals surface area contributed by atoms with Crippen LogP contribution in [0.3, 0.4) is 0 Å². The van der Waals surface area contributed by atoms with Crippen LogP contribution >= 0.6 is 15.9 Å². The van der Waals surface area contributed by atoms with Crippen molar-refractivity contribution >= 4 is 21.8 Å². The predicted molar refractivity (Wildman–Crippen MR) is 84.4 cm³/mol. The molecule has 0 radical (unpaired) electrons. The van der Waals surface area contributed by atoms with Crippen molar-refractivity contribution in [3.05, 3.63) is 33.8 Å². The Hall–Kier alpha value is -0.950. The molecule has 1 aromatic carbocycles. The fourth-order valence-corrected chi connectivity index (χ4v) is 3.83. The summed E-state index contributed by atoms with van der Waals surface area (Å²) >= 11 is 3.50. The Labute approximate surface area is 138 Å². The maximum absolute atomic E-state index is 12.9. The number of methoxy groups -OCH3 is 1. The van der Waals surface area contributed by atoms with Gasteiger partial charge in [-0.05, 0) is 29.7 Å². The van der Waals surface area contributed by atoms with E-state index in [1.54, 1.807) is 0 Å². The van der Waals surface area contributed by atoms with E-state index in [1.807, 2.05) is 25.1 Å². The number of fused-ring (bicyclic) bond motifs is 2. The van der Waals surface area contributed by atoms with Crippen LogP contribution in [-0.4, -0.2) is 37.6 Å². The molecule has 22 heavy (non-hydrogen) atoms. The lowest BCUT2D eigenvalue weighted by Gasteiger charge is -2.51. The zero-order valence-corrected chi connectivity index (χ0v) is 14.3. The van der Waals surface area contributed by atoms with Crippen LogP contribution < -0.4 is 5.32 Å². The lowest BCUT2D eigenvalue weighted by atomic mass is 9.65. The van der Waals surface area contributed by atoms with Crippen molar-refractivity contribution in [3.63, 3.8) is 0 Å². The number of carbonyl (C=O) groups excluding carboxylic acids is 1. The first kappa shape index (κ1) is 15.9. The summed E-state index contributed by atoms with van der Waals surface area (Å²) in [6.45, 7) is 2.93. The quantitative estimate of drug-likeness (QED) is 0.794. The van der Waals surface area contributed by atoms with Gasteiger partial charge in [-0.25, -0.2) is 0 Å². The largest absolute Gasteiger partial charge is 0.376 e. The number of aliphatic hydroxyl groups is 1. The molecule has 1 amide bonds. The van der Waals surface area contributed by atoms with Crippen molar-refractivity contribution in [2.75, 3.05) is 20.3 Å². The van der Waals surface area contributed by atoms with Crippen molar-refractivity contribution in [1.29, 1.82) is 0 Å². The molecule has 1 saturated heterocycles. The number of hydrogen-bond acceptors (Lipinski definition) is 4. The number of halogens is 1. The molecule has 3 rings (SSSR count). The summed E-state index contributed by atoms with van der Waals surface area (Å²) in [7, 11) is 1.44. The Kier molecular flexibility index (Phi) is 4.05. The minimum absolute atomic E-state index is 0.0694. The number of carbonyl (C=O) groups is 1. The zero-order chi connectivity index (χ0) is 16.0. The van der Waals surface area contributed by atoms with Crippen LogP contribution in [0.1, 0.15) is 30.9 Å². The van der Waals surface area contributed by atoms with Gasteiger partial charge in [-0.3, -0.25) is 4.79 Å². The van der Waals surface area contributed by atoms with Crippen LogP contribution in [0.2, 0.25) is 0 Å². The van der Waals surface area contributed by atoms with E-state index in [1.165, 1.54) is 7.11 Å². The normalized spacial score (nSPS) is 27.0. The first-order chi connectivity index (χ1) is 10.5. The zero-order valence-electron chi connectivity index (χ0n) is 12.7. The van der Waals surface area contributed by atoms with Gasteiger partial charge in [0, 0.05) is 18.0 Å². The van der Waals surface area contributed by atoms with Gasteiger partial charge in [-0.2, -0.15) is 0 Å². The van der Waals surface area contributed by atoms with Crippen LogP contribution in [0.25, 0.3) is 0 Å². The average Bonchev–Trinajstić information content (AvgIpc) is 2.47. The number of aliphatic hydroxyl groups excluding tert-OH is 1. The van der Waals surface area contributed by atoms with Crippen LogP contribution in [0.15, 0.2) is 22.7 Å². The smallest absolute Gasteiger partial charge is 0.231 e. The summed E-state index contributed by atoms with van der Waals surface area (Å²) < 4.78 is 11.3. The summed E-state index contributed by atoms with van der Waals surface area (Å²) in [4.78, 5) is 12.9. The van der Waals surface area contributed by atoms with Gasteiger partial charge in [0.2, 0.25) is 5.91 Å². The van der Waals surface area contributed by atoms with E-state index in [0.29, 0.717) is 19.6 Å². The van der Waals surface area contributed by atoms with Gasteiger partial charge in [0.15, 0.2) is 6.29 Å². The number of rotatable bonds is 4. The van der Waals surface area contributed by atoms with Crippen molar-refractivity contribution in [1.82, 2.24) is 5.32 Å². The van der Waals surface area contributed by atoms with Gasteiger partial charge in [0.25, 0.3) is 0 Å². The fourth-order valence-electron chi connectivity index (χ4n) is 3.47. The Morgan fingerprint density at radius 1 is 1.45 bits per heavy atom. The van der Waals surface area contributed by atoms with Crippen LogP contribution in [0.5, 0.6) is 0 Å². The second kappa shape index (κ2) is 5.60. The van der Waals surface area contributed by atoms with E-state index >= 15 is 0 Å². The third-order valence-corrected chi connectivity index (χ3v) is 5.39. The van der Waals surface area contributed by atoms with Gasteiger partial charge < -0.3 is 19.9 Å². The lowest BCUT2D eigenvalue weighted by molar-refractivity contribution is -0.150. The summed E-state index contributed by atoms with van der Waals surface area (Å²) in [5, 5.41) is 13.1. The Bertz CT molecular complexity index is 602. The third kappa shape index (κ3) is 2.21. The number of hydrogen-bond donors (Lipinski definition) is 2. The SMILES string of the molecule is CCC1(CC(O)OC)C(=O)NC2(COC2)c2ccc(Br)cc21. The van der Waals surface area contributed by atoms with Crippen molar-refractivity contribution in [3.8, 4) is 0 Å². The third-order valence-electron chi connectivity index (χ3n) is 4.90. The van der Waals surface area contributed by atoms with Crippen molar-refractivity contribution in [2.24, 2.45) is 0 Å². The minimum Gasteiger partial charge on any atom is -0.376 e. The molecular formula is C16H20BrNO4. The van der Waals surface area contributed by atoms with E-state index < -0.39 is 17.2 Å². The molecule has 0 aromatic heterocycles. The molecule has 2 N–H and O–H groups in total. The molecule has 0 saturated carbocycles. The fraction of sp³-hybridized carbons (Fsp3) is 0.562. The summed E-state index contributed by atoms with van der Waals surface area (Å²) in [5.41, 5.74) is 0.804. The van der Waals surface area contributed by atoms with E-state index in [9.17, 15) is 9.90 Å². The summed E-state index contributed by atoms with van der Waals surface area (Å²) in [6, 6.07) is 5.99. The topological polar surface area (TPSA) is 67.8 Å². The van der Waals surface area contributed by atoms with Gasteiger partial charge in [0.05, 0.1) is 18.6 Å². The highest BCUT2D eigenvalue weighted by Gasteiger charge is 2.55. The van der Waals surface area contributed by atoms with Crippen LogP contribution in [-0.2, 0) is 25.2 Å². The molecule has 2 unspecified atom stereocenters. The molecule has 0 aliphatic carbocycles. The molecule has 2 heterocycles. The summed E-state index contributed by atoms with van der Waals surface area (Å²) in [6.07, 6.45) is -0.171. The molecule has 2 aliphatic rings. The van der Waals surface area contributed by atoms with E-state index in [0.717, 1.165) is 15.6 Å². The second-order valence-corrected chi connectivity index (χ2v) is 6.96. The van der Waals surface area contributed by atoms with Crippen LogP contribution in [0.4, 0.5) is 0 Å². The highest BCUT2D eigenvalue weighted by atomic mass is 79.9. The maximum atomic E-state index is 12.9. The maximum Gasteiger partial charge on any atom is 0.231 e. The molecule has 1 aromatic rings. The first-order valence-electron chi connectivity index (χ1n) is 7.39. The molecule has 120 valence electrons. The number of benzene rings is 1. The van der Waals surface area contributed by atoms with Crippen molar-refractivity contribution < 1.29 is 19.4 Å². The van der Waals surface area contributed by atoms with Crippen LogP contribution in [0, 0.1) is 0 Å². The molecule has 2 aliphatic heterocycles.